The van der Waals surface area contributed by atoms with Gasteiger partial charge in [0.15, 0.2) is 11.5 Å². The van der Waals surface area contributed by atoms with Crippen LogP contribution in [0.2, 0.25) is 0 Å². The van der Waals surface area contributed by atoms with Crippen LogP contribution in [-0.2, 0) is 11.3 Å². The number of aromatic carboxylic acids is 1. The van der Waals surface area contributed by atoms with Crippen molar-refractivity contribution < 1.29 is 29.1 Å². The first-order valence-electron chi connectivity index (χ1n) is 5.83. The highest BCUT2D eigenvalue weighted by Gasteiger charge is 2.17. The molecule has 0 radical (unpaired) electrons. The Hall–Kier alpha value is -2.87. The van der Waals surface area contributed by atoms with E-state index in [2.05, 4.69) is 10.5 Å². The third kappa shape index (κ3) is 3.37. The molecule has 0 saturated heterocycles. The van der Waals surface area contributed by atoms with E-state index >= 15 is 0 Å². The Labute approximate surface area is 118 Å². The summed E-state index contributed by atoms with van der Waals surface area (Å²) in [7, 11) is 1.47. The van der Waals surface area contributed by atoms with E-state index < -0.39 is 11.9 Å². The second-order valence-corrected chi connectivity index (χ2v) is 4.10. The van der Waals surface area contributed by atoms with E-state index in [1.54, 1.807) is 0 Å². The fourth-order valence-electron chi connectivity index (χ4n) is 1.63. The maximum absolute atomic E-state index is 12.0. The lowest BCUT2D eigenvalue weighted by Gasteiger charge is -2.07. The van der Waals surface area contributed by atoms with Crippen LogP contribution in [0.4, 0.5) is 5.69 Å². The van der Waals surface area contributed by atoms with Crippen LogP contribution in [-0.4, -0.2) is 34.4 Å². The molecule has 1 aromatic heterocycles. The van der Waals surface area contributed by atoms with E-state index in [-0.39, 0.29) is 29.3 Å². The SMILES string of the molecule is COCc1cc(C(=O)Nc2ccc(O)cc2C(=O)O)no1. The molecule has 2 rings (SSSR count). The molecule has 0 saturated carbocycles. The summed E-state index contributed by atoms with van der Waals surface area (Å²) in [5, 5.41) is 24.3. The molecule has 8 nitrogen and oxygen atoms in total. The van der Waals surface area contributed by atoms with Gasteiger partial charge < -0.3 is 24.8 Å². The number of rotatable bonds is 5. The van der Waals surface area contributed by atoms with E-state index in [1.165, 1.54) is 25.3 Å². The summed E-state index contributed by atoms with van der Waals surface area (Å²) in [5.41, 5.74) is -0.197. The van der Waals surface area contributed by atoms with Gasteiger partial charge in [0.1, 0.15) is 12.4 Å². The molecule has 0 fully saturated rings. The Morgan fingerprint density at radius 2 is 2.14 bits per heavy atom. The highest BCUT2D eigenvalue weighted by atomic mass is 16.5. The number of amides is 1. The number of phenolic OH excluding ortho intramolecular Hbond substituents is 1. The number of methoxy groups -OCH3 is 1. The zero-order chi connectivity index (χ0) is 15.4. The van der Waals surface area contributed by atoms with Crippen molar-refractivity contribution in [2.75, 3.05) is 12.4 Å². The summed E-state index contributed by atoms with van der Waals surface area (Å²) in [4.78, 5) is 23.0. The molecule has 0 spiro atoms. The van der Waals surface area contributed by atoms with Crippen LogP contribution >= 0.6 is 0 Å². The summed E-state index contributed by atoms with van der Waals surface area (Å²) in [5.74, 6) is -1.75. The zero-order valence-electron chi connectivity index (χ0n) is 11.0. The van der Waals surface area contributed by atoms with Gasteiger partial charge in [0.2, 0.25) is 0 Å². The largest absolute Gasteiger partial charge is 0.508 e. The Morgan fingerprint density at radius 3 is 2.81 bits per heavy atom. The summed E-state index contributed by atoms with van der Waals surface area (Å²) < 4.78 is 9.70. The number of hydrogen-bond acceptors (Lipinski definition) is 6. The molecule has 0 bridgehead atoms. The molecular weight excluding hydrogens is 280 g/mol. The third-order valence-corrected chi connectivity index (χ3v) is 2.56. The molecule has 2 aromatic rings. The minimum atomic E-state index is -1.28. The average Bonchev–Trinajstić information content (AvgIpc) is 2.89. The molecule has 0 aliphatic carbocycles. The third-order valence-electron chi connectivity index (χ3n) is 2.56. The van der Waals surface area contributed by atoms with Gasteiger partial charge in [-0.05, 0) is 18.2 Å². The number of carbonyl (C=O) groups is 2. The van der Waals surface area contributed by atoms with Gasteiger partial charge in [-0.2, -0.15) is 0 Å². The number of carboxylic acid groups (broad SMARTS) is 1. The van der Waals surface area contributed by atoms with Crippen LogP contribution in [0, 0.1) is 0 Å². The highest BCUT2D eigenvalue weighted by Crippen LogP contribution is 2.22. The fourth-order valence-corrected chi connectivity index (χ4v) is 1.63. The van der Waals surface area contributed by atoms with Crippen molar-refractivity contribution in [2.24, 2.45) is 0 Å². The average molecular weight is 292 g/mol. The maximum atomic E-state index is 12.0. The summed E-state index contributed by atoms with van der Waals surface area (Å²) >= 11 is 0. The first kappa shape index (κ1) is 14.5. The van der Waals surface area contributed by atoms with Crippen LogP contribution in [0.3, 0.4) is 0 Å². The molecule has 8 heteroatoms. The number of hydrogen-bond donors (Lipinski definition) is 3. The van der Waals surface area contributed by atoms with E-state index in [0.717, 1.165) is 6.07 Å². The van der Waals surface area contributed by atoms with Gasteiger partial charge in [0.25, 0.3) is 5.91 Å². The van der Waals surface area contributed by atoms with Crippen molar-refractivity contribution in [3.8, 4) is 5.75 Å². The lowest BCUT2D eigenvalue weighted by atomic mass is 10.1. The predicted octanol–water partition coefficient (Wildman–Crippen LogP) is 1.48. The van der Waals surface area contributed by atoms with Gasteiger partial charge >= 0.3 is 5.97 Å². The van der Waals surface area contributed by atoms with Gasteiger partial charge in [0.05, 0.1) is 11.3 Å². The van der Waals surface area contributed by atoms with E-state index in [1.807, 2.05) is 0 Å². The molecule has 1 heterocycles. The number of carbonyl (C=O) groups excluding carboxylic acids is 1. The molecule has 110 valence electrons. The van der Waals surface area contributed by atoms with Gasteiger partial charge in [-0.3, -0.25) is 4.79 Å². The Kier molecular flexibility index (Phi) is 4.19. The molecule has 1 amide bonds. The van der Waals surface area contributed by atoms with Crippen molar-refractivity contribution in [3.05, 3.63) is 41.3 Å². The van der Waals surface area contributed by atoms with Crippen LogP contribution in [0.15, 0.2) is 28.8 Å². The summed E-state index contributed by atoms with van der Waals surface area (Å²) in [6, 6.07) is 4.98. The number of ether oxygens (including phenoxy) is 1. The monoisotopic (exact) mass is 292 g/mol. The Balaban J connectivity index is 2.20. The van der Waals surface area contributed by atoms with Crippen LogP contribution < -0.4 is 5.32 Å². The van der Waals surface area contributed by atoms with Gasteiger partial charge in [-0.25, -0.2) is 4.79 Å². The van der Waals surface area contributed by atoms with Gasteiger partial charge in [-0.1, -0.05) is 5.16 Å². The van der Waals surface area contributed by atoms with E-state index in [9.17, 15) is 14.7 Å². The number of nitrogens with zero attached hydrogens (tertiary/aromatic N) is 1. The van der Waals surface area contributed by atoms with Crippen molar-refractivity contribution in [1.82, 2.24) is 5.16 Å². The number of nitrogens with one attached hydrogen (secondary N) is 1. The summed E-state index contributed by atoms with van der Waals surface area (Å²) in [6.07, 6.45) is 0. The zero-order valence-corrected chi connectivity index (χ0v) is 11.0. The predicted molar refractivity (Wildman–Crippen MR) is 70.2 cm³/mol. The number of carboxylic acids is 1. The standard InChI is InChI=1S/C13H12N2O6/c1-20-6-8-5-11(15-21-8)12(17)14-10-3-2-7(16)4-9(10)13(18)19/h2-5,16H,6H2,1H3,(H,14,17)(H,18,19). The number of benzene rings is 1. The topological polar surface area (TPSA) is 122 Å². The van der Waals surface area contributed by atoms with Crippen molar-refractivity contribution in [2.45, 2.75) is 6.61 Å². The molecule has 0 unspecified atom stereocenters. The Morgan fingerprint density at radius 1 is 1.38 bits per heavy atom. The van der Waals surface area contributed by atoms with Crippen LogP contribution in [0.5, 0.6) is 5.75 Å². The van der Waals surface area contributed by atoms with Crippen LogP contribution in [0.1, 0.15) is 26.6 Å². The lowest BCUT2D eigenvalue weighted by Crippen LogP contribution is -2.15. The minimum absolute atomic E-state index is 0.00790. The fraction of sp³-hybridized carbons (Fsp3) is 0.154. The lowest BCUT2D eigenvalue weighted by molar-refractivity contribution is 0.0697. The Bertz CT molecular complexity index is 679. The molecule has 0 aliphatic heterocycles. The molecule has 0 atom stereocenters. The molecular formula is C13H12N2O6. The van der Waals surface area contributed by atoms with Crippen LogP contribution in [0.25, 0.3) is 0 Å². The number of phenols is 1. The number of anilines is 1. The molecule has 1 aromatic carbocycles. The molecule has 21 heavy (non-hydrogen) atoms. The van der Waals surface area contributed by atoms with E-state index in [4.69, 9.17) is 14.4 Å². The smallest absolute Gasteiger partial charge is 0.337 e. The van der Waals surface area contributed by atoms with Crippen molar-refractivity contribution in [1.29, 1.82) is 0 Å². The van der Waals surface area contributed by atoms with Gasteiger partial charge in [0, 0.05) is 13.2 Å². The number of aromatic nitrogens is 1. The van der Waals surface area contributed by atoms with Crippen molar-refractivity contribution in [3.63, 3.8) is 0 Å². The highest BCUT2D eigenvalue weighted by molar-refractivity contribution is 6.06. The second kappa shape index (κ2) is 6.06. The van der Waals surface area contributed by atoms with Gasteiger partial charge in [-0.15, -0.1) is 0 Å². The number of aromatic hydroxyl groups is 1. The second-order valence-electron chi connectivity index (χ2n) is 4.10. The maximum Gasteiger partial charge on any atom is 0.337 e. The normalized spacial score (nSPS) is 10.3. The quantitative estimate of drug-likeness (QED) is 0.713. The van der Waals surface area contributed by atoms with Crippen molar-refractivity contribution >= 4 is 17.6 Å². The minimum Gasteiger partial charge on any atom is -0.508 e. The summed E-state index contributed by atoms with van der Waals surface area (Å²) in [6.45, 7) is 0.167. The first-order chi connectivity index (χ1) is 10.0. The molecule has 3 N–H and O–H groups in total. The first-order valence-corrected chi connectivity index (χ1v) is 5.83. The molecule has 0 aliphatic rings. The van der Waals surface area contributed by atoms with E-state index in [0.29, 0.717) is 5.76 Å².